The summed E-state index contributed by atoms with van der Waals surface area (Å²) in [6.45, 7) is 2.02. The first kappa shape index (κ1) is 18.5. The third-order valence-corrected chi connectivity index (χ3v) is 3.95. The van der Waals surface area contributed by atoms with Crippen molar-refractivity contribution in [1.82, 2.24) is 9.97 Å². The van der Waals surface area contributed by atoms with Gasteiger partial charge in [-0.05, 0) is 24.6 Å². The molecule has 1 amide bonds. The van der Waals surface area contributed by atoms with E-state index in [1.807, 2.05) is 54.6 Å². The molecule has 1 atom stereocenters. The van der Waals surface area contributed by atoms with Gasteiger partial charge < -0.3 is 14.8 Å². The SMILES string of the molecule is COc1cccc(COC(C)C(=O)Nc2cnc(-c3ccccc3)nc2)c1. The lowest BCUT2D eigenvalue weighted by molar-refractivity contribution is -0.127. The maximum absolute atomic E-state index is 12.3. The molecule has 1 N–H and O–H groups in total. The zero-order chi connectivity index (χ0) is 19.1. The summed E-state index contributed by atoms with van der Waals surface area (Å²) in [5.41, 5.74) is 2.38. The van der Waals surface area contributed by atoms with Gasteiger partial charge in [-0.1, -0.05) is 42.5 Å². The van der Waals surface area contributed by atoms with Gasteiger partial charge in [0.15, 0.2) is 5.82 Å². The second-order valence-corrected chi connectivity index (χ2v) is 5.96. The van der Waals surface area contributed by atoms with Gasteiger partial charge >= 0.3 is 0 Å². The van der Waals surface area contributed by atoms with Crippen molar-refractivity contribution >= 4 is 11.6 Å². The fraction of sp³-hybridized carbons (Fsp3) is 0.190. The zero-order valence-corrected chi connectivity index (χ0v) is 15.3. The molecule has 0 radical (unpaired) electrons. The van der Waals surface area contributed by atoms with Crippen molar-refractivity contribution in [2.75, 3.05) is 12.4 Å². The molecule has 138 valence electrons. The fourth-order valence-corrected chi connectivity index (χ4v) is 2.43. The van der Waals surface area contributed by atoms with Gasteiger partial charge in [-0.3, -0.25) is 4.79 Å². The van der Waals surface area contributed by atoms with Crippen molar-refractivity contribution in [3.05, 3.63) is 72.6 Å². The van der Waals surface area contributed by atoms with E-state index in [-0.39, 0.29) is 5.91 Å². The number of amides is 1. The van der Waals surface area contributed by atoms with Gasteiger partial charge in [0, 0.05) is 5.56 Å². The highest BCUT2D eigenvalue weighted by Gasteiger charge is 2.14. The van der Waals surface area contributed by atoms with Crippen molar-refractivity contribution in [2.45, 2.75) is 19.6 Å². The van der Waals surface area contributed by atoms with E-state index in [1.165, 1.54) is 0 Å². The van der Waals surface area contributed by atoms with Gasteiger partial charge in [-0.2, -0.15) is 0 Å². The van der Waals surface area contributed by atoms with Crippen LogP contribution in [0.15, 0.2) is 67.0 Å². The third-order valence-electron chi connectivity index (χ3n) is 3.95. The van der Waals surface area contributed by atoms with Crippen LogP contribution in [0.25, 0.3) is 11.4 Å². The minimum atomic E-state index is -0.620. The molecular weight excluding hydrogens is 342 g/mol. The monoisotopic (exact) mass is 363 g/mol. The molecule has 2 aromatic carbocycles. The van der Waals surface area contributed by atoms with Crippen LogP contribution in [0.4, 0.5) is 5.69 Å². The van der Waals surface area contributed by atoms with Crippen molar-refractivity contribution < 1.29 is 14.3 Å². The number of carbonyl (C=O) groups is 1. The Kier molecular flexibility index (Phi) is 6.12. The maximum Gasteiger partial charge on any atom is 0.253 e. The van der Waals surface area contributed by atoms with Crippen LogP contribution in [0.1, 0.15) is 12.5 Å². The maximum atomic E-state index is 12.3. The number of carbonyl (C=O) groups excluding carboxylic acids is 1. The molecule has 0 aliphatic heterocycles. The highest BCUT2D eigenvalue weighted by molar-refractivity contribution is 5.93. The Hall–Kier alpha value is -3.25. The summed E-state index contributed by atoms with van der Waals surface area (Å²) in [5, 5.41) is 2.77. The number of hydrogen-bond donors (Lipinski definition) is 1. The first-order chi connectivity index (χ1) is 13.2. The molecule has 0 aliphatic rings. The second-order valence-electron chi connectivity index (χ2n) is 5.96. The van der Waals surface area contributed by atoms with E-state index in [4.69, 9.17) is 9.47 Å². The summed E-state index contributed by atoms with van der Waals surface area (Å²) >= 11 is 0. The van der Waals surface area contributed by atoms with Crippen LogP contribution in [0.2, 0.25) is 0 Å². The van der Waals surface area contributed by atoms with Crippen molar-refractivity contribution in [1.29, 1.82) is 0 Å². The molecule has 3 aromatic rings. The van der Waals surface area contributed by atoms with Crippen LogP contribution in [0, 0.1) is 0 Å². The molecular formula is C21H21N3O3. The molecule has 3 rings (SSSR count). The van der Waals surface area contributed by atoms with Crippen LogP contribution < -0.4 is 10.1 Å². The van der Waals surface area contributed by atoms with Crippen LogP contribution in [0.5, 0.6) is 5.75 Å². The number of aromatic nitrogens is 2. The Bertz CT molecular complexity index is 883. The first-order valence-corrected chi connectivity index (χ1v) is 8.58. The van der Waals surface area contributed by atoms with E-state index in [1.54, 1.807) is 26.4 Å². The Labute approximate surface area is 158 Å². The summed E-state index contributed by atoms with van der Waals surface area (Å²) in [7, 11) is 1.61. The second kappa shape index (κ2) is 8.91. The van der Waals surface area contributed by atoms with E-state index in [0.29, 0.717) is 18.1 Å². The van der Waals surface area contributed by atoms with Gasteiger partial charge in [0.1, 0.15) is 11.9 Å². The largest absolute Gasteiger partial charge is 0.497 e. The highest BCUT2D eigenvalue weighted by atomic mass is 16.5. The summed E-state index contributed by atoms with van der Waals surface area (Å²) in [4.78, 5) is 20.9. The number of anilines is 1. The molecule has 6 heteroatoms. The fourth-order valence-electron chi connectivity index (χ4n) is 2.43. The van der Waals surface area contributed by atoms with Crippen LogP contribution >= 0.6 is 0 Å². The molecule has 1 unspecified atom stereocenters. The minimum absolute atomic E-state index is 0.256. The lowest BCUT2D eigenvalue weighted by Gasteiger charge is -2.13. The molecule has 0 saturated carbocycles. The lowest BCUT2D eigenvalue weighted by atomic mass is 10.2. The normalized spacial score (nSPS) is 11.6. The van der Waals surface area contributed by atoms with Crippen LogP contribution in [-0.4, -0.2) is 29.1 Å². The summed E-state index contributed by atoms with van der Waals surface area (Å²) in [5.74, 6) is 1.11. The van der Waals surface area contributed by atoms with Gasteiger partial charge in [0.05, 0.1) is 31.8 Å². The summed E-state index contributed by atoms with van der Waals surface area (Å²) in [6.07, 6.45) is 2.55. The Morgan fingerprint density at radius 3 is 2.52 bits per heavy atom. The number of nitrogens with zero attached hydrogens (tertiary/aromatic N) is 2. The van der Waals surface area contributed by atoms with E-state index in [2.05, 4.69) is 15.3 Å². The van der Waals surface area contributed by atoms with Crippen LogP contribution in [-0.2, 0) is 16.1 Å². The highest BCUT2D eigenvalue weighted by Crippen LogP contribution is 2.16. The molecule has 0 bridgehead atoms. The minimum Gasteiger partial charge on any atom is -0.497 e. The molecule has 0 aliphatic carbocycles. The average Bonchev–Trinajstić information content (AvgIpc) is 2.73. The number of methoxy groups -OCH3 is 1. The lowest BCUT2D eigenvalue weighted by Crippen LogP contribution is -2.27. The molecule has 0 saturated heterocycles. The van der Waals surface area contributed by atoms with E-state index < -0.39 is 6.10 Å². The zero-order valence-electron chi connectivity index (χ0n) is 15.3. The number of rotatable bonds is 7. The van der Waals surface area contributed by atoms with Gasteiger partial charge in [-0.15, -0.1) is 0 Å². The van der Waals surface area contributed by atoms with Crippen molar-refractivity contribution in [2.24, 2.45) is 0 Å². The van der Waals surface area contributed by atoms with Crippen LogP contribution in [0.3, 0.4) is 0 Å². The van der Waals surface area contributed by atoms with Gasteiger partial charge in [-0.25, -0.2) is 9.97 Å². The molecule has 27 heavy (non-hydrogen) atoms. The average molecular weight is 363 g/mol. The quantitative estimate of drug-likeness (QED) is 0.693. The number of benzene rings is 2. The predicted molar refractivity (Wildman–Crippen MR) is 103 cm³/mol. The molecule has 1 aromatic heterocycles. The standard InChI is InChI=1S/C21H21N3O3/c1-15(27-14-16-7-6-10-19(11-16)26-2)21(25)24-18-12-22-20(23-13-18)17-8-4-3-5-9-17/h3-13,15H,14H2,1-2H3,(H,24,25). The van der Waals surface area contributed by atoms with E-state index in [0.717, 1.165) is 16.9 Å². The Balaban J connectivity index is 1.54. The first-order valence-electron chi connectivity index (χ1n) is 8.58. The van der Waals surface area contributed by atoms with Crippen molar-refractivity contribution in [3.8, 4) is 17.1 Å². The number of nitrogens with one attached hydrogen (secondary N) is 1. The van der Waals surface area contributed by atoms with E-state index in [9.17, 15) is 4.79 Å². The van der Waals surface area contributed by atoms with Crippen molar-refractivity contribution in [3.63, 3.8) is 0 Å². The van der Waals surface area contributed by atoms with Gasteiger partial charge in [0.2, 0.25) is 0 Å². The predicted octanol–water partition coefficient (Wildman–Crippen LogP) is 3.70. The number of hydrogen-bond acceptors (Lipinski definition) is 5. The number of ether oxygens (including phenoxy) is 2. The van der Waals surface area contributed by atoms with E-state index >= 15 is 0 Å². The smallest absolute Gasteiger partial charge is 0.253 e. The Morgan fingerprint density at radius 1 is 1.07 bits per heavy atom. The third kappa shape index (κ3) is 5.12. The molecule has 1 heterocycles. The molecule has 0 fully saturated rings. The van der Waals surface area contributed by atoms with Gasteiger partial charge in [0.25, 0.3) is 5.91 Å². The molecule has 0 spiro atoms. The molecule has 6 nitrogen and oxygen atoms in total. The topological polar surface area (TPSA) is 73.3 Å². The Morgan fingerprint density at radius 2 is 1.81 bits per heavy atom. The summed E-state index contributed by atoms with van der Waals surface area (Å²) in [6, 6.07) is 17.2. The summed E-state index contributed by atoms with van der Waals surface area (Å²) < 4.78 is 10.8.